The molecule has 0 unspecified atom stereocenters. The number of hydrogen-bond donors (Lipinski definition) is 0. The lowest BCUT2D eigenvalue weighted by atomic mass is 10.00. The molecule has 1 heterocycles. The highest BCUT2D eigenvalue weighted by atomic mass is 16.1. The summed E-state index contributed by atoms with van der Waals surface area (Å²) in [5.41, 5.74) is 2.48. The lowest BCUT2D eigenvalue weighted by molar-refractivity contribution is 0.101. The first-order valence-corrected chi connectivity index (χ1v) is 5.63. The summed E-state index contributed by atoms with van der Waals surface area (Å²) in [4.78, 5) is 20.0. The molecular formula is C14H14N2O. The Morgan fingerprint density at radius 1 is 1.18 bits per heavy atom. The maximum Gasteiger partial charge on any atom is 0.160 e. The lowest BCUT2D eigenvalue weighted by Crippen LogP contribution is -1.98. The van der Waals surface area contributed by atoms with Gasteiger partial charge in [-0.15, -0.1) is 0 Å². The number of aromatic nitrogens is 2. The first-order valence-electron chi connectivity index (χ1n) is 5.63. The zero-order valence-corrected chi connectivity index (χ0v) is 9.97. The molecule has 0 amide bonds. The predicted octanol–water partition coefficient (Wildman–Crippen LogP) is 2.91. The highest BCUT2D eigenvalue weighted by Gasteiger charge is 2.08. The molecule has 1 aromatic carbocycles. The maximum absolute atomic E-state index is 11.5. The fraction of sp³-hybridized carbons (Fsp3) is 0.214. The van der Waals surface area contributed by atoms with Gasteiger partial charge < -0.3 is 0 Å². The van der Waals surface area contributed by atoms with Gasteiger partial charge in [0.15, 0.2) is 5.78 Å². The number of benzene rings is 1. The Labute approximate surface area is 101 Å². The van der Waals surface area contributed by atoms with Gasteiger partial charge in [0.25, 0.3) is 0 Å². The standard InChI is InChI=1S/C14H14N2O/c1-3-14-15-8-11(9-16-14)13-7-5-4-6-12(13)10(2)17/h4-9H,3H2,1-2H3. The van der Waals surface area contributed by atoms with Crippen LogP contribution in [0.2, 0.25) is 0 Å². The number of ketones is 1. The molecule has 0 spiro atoms. The van der Waals surface area contributed by atoms with E-state index in [0.29, 0.717) is 5.56 Å². The Balaban J connectivity index is 2.48. The number of rotatable bonds is 3. The molecule has 2 rings (SSSR count). The van der Waals surface area contributed by atoms with Crippen LogP contribution in [0.25, 0.3) is 11.1 Å². The fourth-order valence-corrected chi connectivity index (χ4v) is 1.72. The second-order valence-electron chi connectivity index (χ2n) is 3.84. The molecule has 17 heavy (non-hydrogen) atoms. The van der Waals surface area contributed by atoms with Gasteiger partial charge in [0.1, 0.15) is 5.82 Å². The highest BCUT2D eigenvalue weighted by molar-refractivity contribution is 6.00. The summed E-state index contributed by atoms with van der Waals surface area (Å²) in [5, 5.41) is 0. The summed E-state index contributed by atoms with van der Waals surface area (Å²) >= 11 is 0. The van der Waals surface area contributed by atoms with Crippen LogP contribution in [0, 0.1) is 0 Å². The Kier molecular flexibility index (Phi) is 3.28. The Morgan fingerprint density at radius 2 is 1.82 bits per heavy atom. The molecular weight excluding hydrogens is 212 g/mol. The molecule has 0 fully saturated rings. The molecule has 3 heteroatoms. The summed E-state index contributed by atoms with van der Waals surface area (Å²) in [6, 6.07) is 7.52. The van der Waals surface area contributed by atoms with Crippen molar-refractivity contribution in [3.63, 3.8) is 0 Å². The van der Waals surface area contributed by atoms with Crippen LogP contribution in [0.3, 0.4) is 0 Å². The lowest BCUT2D eigenvalue weighted by Gasteiger charge is -2.06. The van der Waals surface area contributed by atoms with E-state index in [4.69, 9.17) is 0 Å². The number of nitrogens with zero attached hydrogens (tertiary/aromatic N) is 2. The topological polar surface area (TPSA) is 42.9 Å². The van der Waals surface area contributed by atoms with Crippen LogP contribution in [0.5, 0.6) is 0 Å². The second-order valence-corrected chi connectivity index (χ2v) is 3.84. The Morgan fingerprint density at radius 3 is 2.41 bits per heavy atom. The highest BCUT2D eigenvalue weighted by Crippen LogP contribution is 2.22. The van der Waals surface area contributed by atoms with Crippen molar-refractivity contribution in [2.45, 2.75) is 20.3 Å². The molecule has 0 radical (unpaired) electrons. The monoisotopic (exact) mass is 226 g/mol. The van der Waals surface area contributed by atoms with Crippen LogP contribution in [0.4, 0.5) is 0 Å². The van der Waals surface area contributed by atoms with Crippen molar-refractivity contribution in [1.82, 2.24) is 9.97 Å². The van der Waals surface area contributed by atoms with E-state index in [-0.39, 0.29) is 5.78 Å². The van der Waals surface area contributed by atoms with E-state index in [0.717, 1.165) is 23.4 Å². The van der Waals surface area contributed by atoms with Gasteiger partial charge in [0, 0.05) is 29.9 Å². The van der Waals surface area contributed by atoms with E-state index in [9.17, 15) is 4.79 Å². The largest absolute Gasteiger partial charge is 0.294 e. The minimum Gasteiger partial charge on any atom is -0.294 e. The summed E-state index contributed by atoms with van der Waals surface area (Å²) in [7, 11) is 0. The van der Waals surface area contributed by atoms with Gasteiger partial charge in [-0.3, -0.25) is 4.79 Å². The van der Waals surface area contributed by atoms with Crippen molar-refractivity contribution >= 4 is 5.78 Å². The van der Waals surface area contributed by atoms with Gasteiger partial charge in [-0.25, -0.2) is 9.97 Å². The molecule has 86 valence electrons. The third-order valence-electron chi connectivity index (χ3n) is 2.64. The molecule has 0 aliphatic carbocycles. The van der Waals surface area contributed by atoms with Crippen molar-refractivity contribution in [2.75, 3.05) is 0 Å². The maximum atomic E-state index is 11.5. The molecule has 3 nitrogen and oxygen atoms in total. The third-order valence-corrected chi connectivity index (χ3v) is 2.64. The molecule has 0 aliphatic rings. The minimum atomic E-state index is 0.0557. The molecule has 0 saturated heterocycles. The van der Waals surface area contributed by atoms with E-state index in [1.54, 1.807) is 19.3 Å². The minimum absolute atomic E-state index is 0.0557. The average Bonchev–Trinajstić information content (AvgIpc) is 2.39. The van der Waals surface area contributed by atoms with Crippen molar-refractivity contribution in [3.05, 3.63) is 48.0 Å². The third kappa shape index (κ3) is 2.38. The summed E-state index contributed by atoms with van der Waals surface area (Å²) in [5.74, 6) is 0.870. The number of carbonyl (C=O) groups excluding carboxylic acids is 1. The second kappa shape index (κ2) is 4.87. The zero-order chi connectivity index (χ0) is 12.3. The molecule has 0 aliphatic heterocycles. The van der Waals surface area contributed by atoms with Gasteiger partial charge in [0.2, 0.25) is 0 Å². The zero-order valence-electron chi connectivity index (χ0n) is 9.97. The molecule has 2 aromatic rings. The number of Topliss-reactive ketones (excluding diaryl/α,β-unsaturated/α-hetero) is 1. The van der Waals surface area contributed by atoms with Gasteiger partial charge in [-0.2, -0.15) is 0 Å². The van der Waals surface area contributed by atoms with E-state index in [2.05, 4.69) is 9.97 Å². The molecule has 0 N–H and O–H groups in total. The summed E-state index contributed by atoms with van der Waals surface area (Å²) < 4.78 is 0. The average molecular weight is 226 g/mol. The van der Waals surface area contributed by atoms with Crippen LogP contribution in [0.1, 0.15) is 30.0 Å². The van der Waals surface area contributed by atoms with E-state index < -0.39 is 0 Å². The van der Waals surface area contributed by atoms with E-state index in [1.165, 1.54) is 0 Å². The quantitative estimate of drug-likeness (QED) is 0.756. The Bertz CT molecular complexity index is 532. The van der Waals surface area contributed by atoms with Crippen molar-refractivity contribution in [3.8, 4) is 11.1 Å². The van der Waals surface area contributed by atoms with Gasteiger partial charge in [-0.1, -0.05) is 31.2 Å². The van der Waals surface area contributed by atoms with Crippen molar-refractivity contribution < 1.29 is 4.79 Å². The van der Waals surface area contributed by atoms with Crippen molar-refractivity contribution in [2.24, 2.45) is 0 Å². The van der Waals surface area contributed by atoms with Crippen LogP contribution in [-0.4, -0.2) is 15.8 Å². The van der Waals surface area contributed by atoms with E-state index >= 15 is 0 Å². The first kappa shape index (κ1) is 11.5. The van der Waals surface area contributed by atoms with Crippen LogP contribution < -0.4 is 0 Å². The number of carbonyl (C=O) groups is 1. The van der Waals surface area contributed by atoms with Crippen LogP contribution >= 0.6 is 0 Å². The van der Waals surface area contributed by atoms with Crippen molar-refractivity contribution in [1.29, 1.82) is 0 Å². The van der Waals surface area contributed by atoms with Gasteiger partial charge in [-0.05, 0) is 12.5 Å². The Hall–Kier alpha value is -2.03. The van der Waals surface area contributed by atoms with Gasteiger partial charge >= 0.3 is 0 Å². The smallest absolute Gasteiger partial charge is 0.160 e. The van der Waals surface area contributed by atoms with Crippen LogP contribution in [0.15, 0.2) is 36.7 Å². The molecule has 0 saturated carbocycles. The first-order chi connectivity index (χ1) is 8.22. The summed E-state index contributed by atoms with van der Waals surface area (Å²) in [6.45, 7) is 3.58. The molecule has 0 atom stereocenters. The number of aryl methyl sites for hydroxylation is 1. The SMILES string of the molecule is CCc1ncc(-c2ccccc2C(C)=O)cn1. The normalized spacial score (nSPS) is 10.2. The summed E-state index contributed by atoms with van der Waals surface area (Å²) in [6.07, 6.45) is 4.36. The van der Waals surface area contributed by atoms with E-state index in [1.807, 2.05) is 31.2 Å². The molecule has 0 bridgehead atoms. The number of hydrogen-bond acceptors (Lipinski definition) is 3. The predicted molar refractivity (Wildman–Crippen MR) is 66.9 cm³/mol. The van der Waals surface area contributed by atoms with Crippen LogP contribution in [-0.2, 0) is 6.42 Å². The molecule has 1 aromatic heterocycles. The fourth-order valence-electron chi connectivity index (χ4n) is 1.72. The van der Waals surface area contributed by atoms with Gasteiger partial charge in [0.05, 0.1) is 0 Å².